The average molecular weight is 318 g/mol. The van der Waals surface area contributed by atoms with Gasteiger partial charge in [0.2, 0.25) is 5.91 Å². The monoisotopic (exact) mass is 318 g/mol. The molecule has 0 heterocycles. The zero-order valence-electron chi connectivity index (χ0n) is 13.6. The fraction of sp³-hybridized carbons (Fsp3) is 0.556. The van der Waals surface area contributed by atoms with Gasteiger partial charge in [0, 0.05) is 11.6 Å². The molecule has 0 bridgehead atoms. The highest BCUT2D eigenvalue weighted by Crippen LogP contribution is 2.24. The minimum Gasteiger partial charge on any atom is -0.332 e. The largest absolute Gasteiger partial charge is 0.332 e. The number of nitrogens with one attached hydrogen (secondary N) is 2. The average Bonchev–Trinajstić information content (AvgIpc) is 2.55. The van der Waals surface area contributed by atoms with Gasteiger partial charge in [-0.15, -0.1) is 0 Å². The first kappa shape index (κ1) is 16.9. The molecule has 0 aliphatic heterocycles. The molecule has 1 aliphatic rings. The van der Waals surface area contributed by atoms with Crippen molar-refractivity contribution in [2.75, 3.05) is 5.32 Å². The van der Waals surface area contributed by atoms with Gasteiger partial charge in [-0.3, -0.25) is 4.79 Å². The summed E-state index contributed by atoms with van der Waals surface area (Å²) in [6.07, 6.45) is 7.40. The van der Waals surface area contributed by atoms with Gasteiger partial charge in [-0.25, -0.2) is 0 Å². The number of anilines is 1. The fourth-order valence-electron chi connectivity index (χ4n) is 3.13. The van der Waals surface area contributed by atoms with Crippen molar-refractivity contribution in [1.82, 2.24) is 5.32 Å². The Morgan fingerprint density at radius 3 is 2.27 bits per heavy atom. The predicted molar refractivity (Wildman–Crippen MR) is 96.1 cm³/mol. The van der Waals surface area contributed by atoms with Crippen LogP contribution < -0.4 is 10.6 Å². The van der Waals surface area contributed by atoms with Crippen molar-refractivity contribution in [2.45, 2.75) is 58.8 Å². The first-order valence-electron chi connectivity index (χ1n) is 8.38. The highest BCUT2D eigenvalue weighted by molar-refractivity contribution is 7.80. The maximum absolute atomic E-state index is 12.3. The molecule has 1 amide bonds. The number of amides is 1. The molecule has 22 heavy (non-hydrogen) atoms. The lowest BCUT2D eigenvalue weighted by Gasteiger charge is -2.22. The van der Waals surface area contributed by atoms with Gasteiger partial charge in [-0.1, -0.05) is 51.3 Å². The van der Waals surface area contributed by atoms with Gasteiger partial charge in [-0.2, -0.15) is 0 Å². The molecule has 0 unspecified atom stereocenters. The van der Waals surface area contributed by atoms with E-state index in [0.29, 0.717) is 5.11 Å². The summed E-state index contributed by atoms with van der Waals surface area (Å²) in [5.74, 6) is 0.199. The summed E-state index contributed by atoms with van der Waals surface area (Å²) < 4.78 is 0. The van der Waals surface area contributed by atoms with E-state index < -0.39 is 0 Å². The maximum Gasteiger partial charge on any atom is 0.229 e. The second-order valence-electron chi connectivity index (χ2n) is 5.94. The molecule has 0 atom stereocenters. The topological polar surface area (TPSA) is 41.1 Å². The SMILES string of the molecule is CCc1cccc(CC)c1NC(=S)NC(=O)C1CCCCC1. The molecule has 1 aliphatic carbocycles. The Morgan fingerprint density at radius 2 is 1.73 bits per heavy atom. The zero-order valence-corrected chi connectivity index (χ0v) is 14.4. The lowest BCUT2D eigenvalue weighted by molar-refractivity contribution is -0.124. The van der Waals surface area contributed by atoms with Crippen molar-refractivity contribution < 1.29 is 4.79 Å². The van der Waals surface area contributed by atoms with Crippen molar-refractivity contribution in [2.24, 2.45) is 5.92 Å². The number of carbonyl (C=O) groups excluding carboxylic acids is 1. The zero-order chi connectivity index (χ0) is 15.9. The van der Waals surface area contributed by atoms with Crippen LogP contribution in [0.3, 0.4) is 0 Å². The van der Waals surface area contributed by atoms with Gasteiger partial charge in [0.15, 0.2) is 5.11 Å². The summed E-state index contributed by atoms with van der Waals surface area (Å²) in [5.41, 5.74) is 3.52. The highest BCUT2D eigenvalue weighted by atomic mass is 32.1. The molecule has 1 aromatic rings. The molecule has 0 radical (unpaired) electrons. The quantitative estimate of drug-likeness (QED) is 0.817. The molecule has 0 aromatic heterocycles. The Hall–Kier alpha value is -1.42. The van der Waals surface area contributed by atoms with Gasteiger partial charge in [0.1, 0.15) is 0 Å². The van der Waals surface area contributed by atoms with Gasteiger partial charge in [0.05, 0.1) is 0 Å². The lowest BCUT2D eigenvalue weighted by atomic mass is 9.89. The van der Waals surface area contributed by atoms with Crippen LogP contribution in [0, 0.1) is 5.92 Å². The number of hydrogen-bond donors (Lipinski definition) is 2. The summed E-state index contributed by atoms with van der Waals surface area (Å²) in [7, 11) is 0. The van der Waals surface area contributed by atoms with E-state index in [1.165, 1.54) is 17.5 Å². The predicted octanol–water partition coefficient (Wildman–Crippen LogP) is 4.20. The minimum atomic E-state index is 0.0734. The first-order chi connectivity index (χ1) is 10.7. The van der Waals surface area contributed by atoms with E-state index >= 15 is 0 Å². The van der Waals surface area contributed by atoms with Crippen molar-refractivity contribution in [3.8, 4) is 0 Å². The van der Waals surface area contributed by atoms with Crippen LogP contribution in [-0.2, 0) is 17.6 Å². The Bertz CT molecular complexity index is 514. The number of benzene rings is 1. The summed E-state index contributed by atoms with van der Waals surface area (Å²) in [5, 5.41) is 6.55. The van der Waals surface area contributed by atoms with Crippen LogP contribution in [0.5, 0.6) is 0 Å². The molecule has 1 saturated carbocycles. The first-order valence-corrected chi connectivity index (χ1v) is 8.79. The second-order valence-corrected chi connectivity index (χ2v) is 6.34. The number of aryl methyl sites for hydroxylation is 2. The van der Waals surface area contributed by atoms with Crippen LogP contribution in [0.4, 0.5) is 5.69 Å². The third kappa shape index (κ3) is 4.29. The smallest absolute Gasteiger partial charge is 0.229 e. The number of hydrogen-bond acceptors (Lipinski definition) is 2. The fourth-order valence-corrected chi connectivity index (χ4v) is 3.33. The number of carbonyl (C=O) groups is 1. The molecule has 2 rings (SSSR count). The molecule has 1 fully saturated rings. The number of para-hydroxylation sites is 1. The van der Waals surface area contributed by atoms with Crippen molar-refractivity contribution in [3.05, 3.63) is 29.3 Å². The van der Waals surface area contributed by atoms with Crippen LogP contribution in [0.15, 0.2) is 18.2 Å². The van der Waals surface area contributed by atoms with Crippen molar-refractivity contribution >= 4 is 28.9 Å². The summed E-state index contributed by atoms with van der Waals surface area (Å²) in [6, 6.07) is 6.28. The molecular formula is C18H26N2OS. The third-order valence-corrected chi connectivity index (χ3v) is 4.65. The van der Waals surface area contributed by atoms with E-state index in [4.69, 9.17) is 12.2 Å². The Balaban J connectivity index is 2.01. The van der Waals surface area contributed by atoms with E-state index in [-0.39, 0.29) is 11.8 Å². The van der Waals surface area contributed by atoms with Gasteiger partial charge < -0.3 is 10.6 Å². The van der Waals surface area contributed by atoms with E-state index in [0.717, 1.165) is 44.2 Å². The maximum atomic E-state index is 12.3. The van der Waals surface area contributed by atoms with E-state index in [1.54, 1.807) is 0 Å². The van der Waals surface area contributed by atoms with Crippen molar-refractivity contribution in [3.63, 3.8) is 0 Å². The Kier molecular flexibility index (Phi) is 6.37. The molecule has 120 valence electrons. The normalized spacial score (nSPS) is 15.4. The van der Waals surface area contributed by atoms with E-state index in [2.05, 4.69) is 42.7 Å². The second kappa shape index (κ2) is 8.28. The van der Waals surface area contributed by atoms with Gasteiger partial charge in [-0.05, 0) is 49.0 Å². The Labute approximate surface area is 138 Å². The molecule has 1 aromatic carbocycles. The van der Waals surface area contributed by atoms with Crippen LogP contribution in [0.2, 0.25) is 0 Å². The lowest BCUT2D eigenvalue weighted by Crippen LogP contribution is -2.39. The highest BCUT2D eigenvalue weighted by Gasteiger charge is 2.22. The Morgan fingerprint density at radius 1 is 1.14 bits per heavy atom. The standard InChI is InChI=1S/C18H26N2OS/c1-3-13-11-8-12-14(4-2)16(13)19-18(22)20-17(21)15-9-6-5-7-10-15/h8,11-12,15H,3-7,9-10H2,1-2H3,(H2,19,20,21,22). The van der Waals surface area contributed by atoms with E-state index in [1.807, 2.05) is 0 Å². The van der Waals surface area contributed by atoms with Gasteiger partial charge in [0.25, 0.3) is 0 Å². The number of rotatable bonds is 4. The molecule has 0 spiro atoms. The van der Waals surface area contributed by atoms with Crippen molar-refractivity contribution in [1.29, 1.82) is 0 Å². The minimum absolute atomic E-state index is 0.0734. The summed E-state index contributed by atoms with van der Waals surface area (Å²) in [4.78, 5) is 12.3. The molecular weight excluding hydrogens is 292 g/mol. The summed E-state index contributed by atoms with van der Waals surface area (Å²) in [6.45, 7) is 4.26. The van der Waals surface area contributed by atoms with Crippen LogP contribution >= 0.6 is 12.2 Å². The van der Waals surface area contributed by atoms with Crippen LogP contribution in [0.25, 0.3) is 0 Å². The molecule has 0 saturated heterocycles. The van der Waals surface area contributed by atoms with Gasteiger partial charge >= 0.3 is 0 Å². The molecule has 4 heteroatoms. The number of thiocarbonyl (C=S) groups is 1. The molecule has 2 N–H and O–H groups in total. The van der Waals surface area contributed by atoms with E-state index in [9.17, 15) is 4.79 Å². The molecule has 3 nitrogen and oxygen atoms in total. The van der Waals surface area contributed by atoms with Crippen LogP contribution in [0.1, 0.15) is 57.1 Å². The third-order valence-electron chi connectivity index (χ3n) is 4.45. The van der Waals surface area contributed by atoms with Crippen LogP contribution in [-0.4, -0.2) is 11.0 Å². The summed E-state index contributed by atoms with van der Waals surface area (Å²) >= 11 is 5.35.